The van der Waals surface area contributed by atoms with Crippen LogP contribution in [0.2, 0.25) is 0 Å². The summed E-state index contributed by atoms with van der Waals surface area (Å²) in [6, 6.07) is 19.4. The highest BCUT2D eigenvalue weighted by molar-refractivity contribution is 6.50. The fourth-order valence-electron chi connectivity index (χ4n) is 2.43. The zero-order chi connectivity index (χ0) is 14.7. The van der Waals surface area contributed by atoms with Crippen LogP contribution in [0.5, 0.6) is 0 Å². The Bertz CT molecular complexity index is 703. The predicted octanol–water partition coefficient (Wildman–Crippen LogP) is 3.77. The van der Waals surface area contributed by atoms with Gasteiger partial charge in [-0.1, -0.05) is 54.6 Å². The third kappa shape index (κ3) is 2.77. The van der Waals surface area contributed by atoms with Crippen LogP contribution in [0.4, 0.5) is 5.69 Å². The summed E-state index contributed by atoms with van der Waals surface area (Å²) in [5.74, 6) is -0.176. The average Bonchev–Trinajstić information content (AvgIpc) is 2.82. The van der Waals surface area contributed by atoms with E-state index in [9.17, 15) is 4.79 Å². The highest BCUT2D eigenvalue weighted by Gasteiger charge is 2.30. The number of nitrogens with one attached hydrogen (secondary N) is 1. The molecule has 1 unspecified atom stereocenters. The number of ketones is 1. The van der Waals surface area contributed by atoms with Gasteiger partial charge in [0, 0.05) is 0 Å². The van der Waals surface area contributed by atoms with E-state index in [0.29, 0.717) is 5.71 Å². The number of Topliss-reactive ketones (excluding diaryl/α,β-unsaturated/α-hetero) is 1. The molecule has 0 aliphatic heterocycles. The summed E-state index contributed by atoms with van der Waals surface area (Å²) in [5, 5.41) is 4.28. The van der Waals surface area contributed by atoms with Crippen molar-refractivity contribution in [3.63, 3.8) is 0 Å². The lowest BCUT2D eigenvalue weighted by atomic mass is 9.97. The quantitative estimate of drug-likeness (QED) is 0.867. The van der Waals surface area contributed by atoms with Gasteiger partial charge in [-0.15, -0.1) is 0 Å². The minimum absolute atomic E-state index is 0.0436. The second kappa shape index (κ2) is 5.75. The predicted molar refractivity (Wildman–Crippen MR) is 85.4 cm³/mol. The van der Waals surface area contributed by atoms with Gasteiger partial charge in [0.1, 0.15) is 5.71 Å². The molecular weight excluding hydrogens is 260 g/mol. The van der Waals surface area contributed by atoms with E-state index in [1.165, 1.54) is 0 Å². The van der Waals surface area contributed by atoms with Gasteiger partial charge in [-0.25, -0.2) is 0 Å². The Kier molecular flexibility index (Phi) is 3.65. The van der Waals surface area contributed by atoms with E-state index in [2.05, 4.69) is 10.5 Å². The highest BCUT2D eigenvalue weighted by Crippen LogP contribution is 2.28. The van der Waals surface area contributed by atoms with Gasteiger partial charge in [0.05, 0.1) is 11.6 Å². The van der Waals surface area contributed by atoms with Crippen LogP contribution in [-0.2, 0) is 4.79 Å². The molecule has 1 atom stereocenters. The normalized spacial score (nSPS) is 19.7. The van der Waals surface area contributed by atoms with Gasteiger partial charge in [0.2, 0.25) is 0 Å². The zero-order valence-corrected chi connectivity index (χ0v) is 11.8. The Labute approximate surface area is 124 Å². The van der Waals surface area contributed by atoms with Crippen molar-refractivity contribution in [1.82, 2.24) is 0 Å². The van der Waals surface area contributed by atoms with Crippen molar-refractivity contribution in [2.75, 3.05) is 5.43 Å². The minimum Gasteiger partial charge on any atom is -0.291 e. The second-order valence-corrected chi connectivity index (χ2v) is 5.04. The molecule has 0 bridgehead atoms. The van der Waals surface area contributed by atoms with Gasteiger partial charge < -0.3 is 0 Å². The molecule has 104 valence electrons. The minimum atomic E-state index is -0.220. The summed E-state index contributed by atoms with van der Waals surface area (Å²) < 4.78 is 0. The van der Waals surface area contributed by atoms with E-state index in [1.54, 1.807) is 0 Å². The maximum Gasteiger partial charge on any atom is 0.194 e. The number of allylic oxidation sites excluding steroid dienone is 2. The number of para-hydroxylation sites is 1. The Balaban J connectivity index is 1.82. The highest BCUT2D eigenvalue weighted by atomic mass is 16.1. The fourth-order valence-corrected chi connectivity index (χ4v) is 2.43. The maximum atomic E-state index is 12.5. The lowest BCUT2D eigenvalue weighted by Crippen LogP contribution is -2.16. The third-order valence-electron chi connectivity index (χ3n) is 3.54. The number of hydrogen-bond donors (Lipinski definition) is 1. The average molecular weight is 276 g/mol. The van der Waals surface area contributed by atoms with E-state index < -0.39 is 0 Å². The number of anilines is 1. The molecule has 3 heteroatoms. The monoisotopic (exact) mass is 276 g/mol. The van der Waals surface area contributed by atoms with Crippen LogP contribution in [0.15, 0.2) is 77.4 Å². The molecule has 1 aliphatic carbocycles. The Morgan fingerprint density at radius 1 is 0.952 bits per heavy atom. The smallest absolute Gasteiger partial charge is 0.194 e. The molecule has 0 amide bonds. The van der Waals surface area contributed by atoms with Gasteiger partial charge in [0.25, 0.3) is 0 Å². The number of nitrogens with zero attached hydrogens (tertiary/aromatic N) is 1. The topological polar surface area (TPSA) is 41.5 Å². The van der Waals surface area contributed by atoms with Crippen LogP contribution in [0.3, 0.4) is 0 Å². The summed E-state index contributed by atoms with van der Waals surface area (Å²) in [6.45, 7) is 1.92. The summed E-state index contributed by atoms with van der Waals surface area (Å²) in [5.41, 5.74) is 6.24. The maximum absolute atomic E-state index is 12.5. The van der Waals surface area contributed by atoms with Gasteiger partial charge in [-0.3, -0.25) is 10.2 Å². The second-order valence-electron chi connectivity index (χ2n) is 5.04. The molecule has 1 aliphatic rings. The lowest BCUT2D eigenvalue weighted by Gasteiger charge is -2.06. The first-order valence-electron chi connectivity index (χ1n) is 6.92. The molecule has 0 saturated carbocycles. The van der Waals surface area contributed by atoms with Crippen LogP contribution in [-0.4, -0.2) is 11.5 Å². The molecule has 1 N–H and O–H groups in total. The molecule has 0 radical (unpaired) electrons. The summed E-state index contributed by atoms with van der Waals surface area (Å²) in [4.78, 5) is 12.5. The van der Waals surface area contributed by atoms with Crippen LogP contribution < -0.4 is 5.43 Å². The fraction of sp³-hybridized carbons (Fsp3) is 0.111. The third-order valence-corrected chi connectivity index (χ3v) is 3.54. The van der Waals surface area contributed by atoms with Crippen molar-refractivity contribution in [2.45, 2.75) is 12.8 Å². The van der Waals surface area contributed by atoms with E-state index in [4.69, 9.17) is 0 Å². The number of hydrazone groups is 1. The van der Waals surface area contributed by atoms with E-state index >= 15 is 0 Å². The molecule has 2 aromatic carbocycles. The molecule has 3 nitrogen and oxygen atoms in total. The molecule has 3 rings (SSSR count). The molecule has 0 saturated heterocycles. The van der Waals surface area contributed by atoms with Crippen LogP contribution >= 0.6 is 0 Å². The number of rotatable bonds is 3. The van der Waals surface area contributed by atoms with Gasteiger partial charge in [-0.2, -0.15) is 5.10 Å². The summed E-state index contributed by atoms with van der Waals surface area (Å²) in [6.07, 6.45) is 1.98. The van der Waals surface area contributed by atoms with Crippen molar-refractivity contribution < 1.29 is 4.79 Å². The molecule has 0 fully saturated rings. The number of benzene rings is 2. The van der Waals surface area contributed by atoms with Gasteiger partial charge in [0.15, 0.2) is 5.78 Å². The van der Waals surface area contributed by atoms with E-state index in [0.717, 1.165) is 16.8 Å². The SMILES string of the molecule is CC1=CC(c2ccccc2)C(=O)/C1=N/Nc1ccccc1. The lowest BCUT2D eigenvalue weighted by molar-refractivity contribution is -0.113. The molecule has 2 aromatic rings. The van der Waals surface area contributed by atoms with E-state index in [1.807, 2.05) is 73.7 Å². The van der Waals surface area contributed by atoms with Crippen LogP contribution in [0.1, 0.15) is 18.4 Å². The Morgan fingerprint density at radius 3 is 2.24 bits per heavy atom. The molecular formula is C18H16N2O. The van der Waals surface area contributed by atoms with Crippen molar-refractivity contribution in [3.8, 4) is 0 Å². The van der Waals surface area contributed by atoms with Crippen LogP contribution in [0, 0.1) is 0 Å². The summed E-state index contributed by atoms with van der Waals surface area (Å²) in [7, 11) is 0. The van der Waals surface area contributed by atoms with Crippen molar-refractivity contribution in [1.29, 1.82) is 0 Å². The molecule has 0 aromatic heterocycles. The summed E-state index contributed by atoms with van der Waals surface area (Å²) >= 11 is 0. The van der Waals surface area contributed by atoms with Crippen molar-refractivity contribution in [3.05, 3.63) is 77.9 Å². The Morgan fingerprint density at radius 2 is 1.57 bits per heavy atom. The molecule has 21 heavy (non-hydrogen) atoms. The standard InChI is InChI=1S/C18H16N2O/c1-13-12-16(14-8-4-2-5-9-14)18(21)17(13)20-19-15-10-6-3-7-11-15/h2-12,16,19H,1H3/b20-17+. The first-order valence-corrected chi connectivity index (χ1v) is 6.92. The van der Waals surface area contributed by atoms with Crippen molar-refractivity contribution in [2.24, 2.45) is 5.10 Å². The largest absolute Gasteiger partial charge is 0.291 e. The zero-order valence-electron chi connectivity index (χ0n) is 11.8. The van der Waals surface area contributed by atoms with Crippen molar-refractivity contribution >= 4 is 17.2 Å². The number of carbonyl (C=O) groups excluding carboxylic acids is 1. The van der Waals surface area contributed by atoms with Crippen LogP contribution in [0.25, 0.3) is 0 Å². The number of hydrogen-bond acceptors (Lipinski definition) is 3. The van der Waals surface area contributed by atoms with E-state index in [-0.39, 0.29) is 11.7 Å². The first kappa shape index (κ1) is 13.3. The Hall–Kier alpha value is -2.68. The molecule has 0 heterocycles. The molecule has 0 spiro atoms. The first-order chi connectivity index (χ1) is 10.3. The number of carbonyl (C=O) groups is 1. The van der Waals surface area contributed by atoms with Gasteiger partial charge >= 0.3 is 0 Å². The van der Waals surface area contributed by atoms with Gasteiger partial charge in [-0.05, 0) is 30.2 Å².